The summed E-state index contributed by atoms with van der Waals surface area (Å²) in [6.07, 6.45) is 1.61. The molecule has 0 bridgehead atoms. The molecule has 5 heteroatoms. The number of hydrogen-bond acceptors (Lipinski definition) is 2. The lowest BCUT2D eigenvalue weighted by Crippen LogP contribution is -1.98. The monoisotopic (exact) mass is 298 g/mol. The fourth-order valence-electron chi connectivity index (χ4n) is 1.39. The fourth-order valence-corrected chi connectivity index (χ4v) is 1.84. The van der Waals surface area contributed by atoms with E-state index in [4.69, 9.17) is 0 Å². The van der Waals surface area contributed by atoms with Crippen LogP contribution in [0.2, 0.25) is 0 Å². The van der Waals surface area contributed by atoms with Crippen molar-refractivity contribution in [1.82, 2.24) is 4.98 Å². The molecule has 2 rings (SSSR count). The van der Waals surface area contributed by atoms with Crippen LogP contribution in [0.4, 0.5) is 20.3 Å². The first-order valence-electron chi connectivity index (χ1n) is 4.90. The first-order chi connectivity index (χ1) is 8.06. The summed E-state index contributed by atoms with van der Waals surface area (Å²) in [6, 6.07) is 5.22. The quantitative estimate of drug-likeness (QED) is 0.900. The zero-order valence-corrected chi connectivity index (χ0v) is 10.6. The standard InChI is InChI=1S/C12H9BrF2N2/c1-7-4-8(13)6-16-12(7)17-11-3-2-9(14)5-10(11)15/h2-6H,1H3,(H,16,17). The van der Waals surface area contributed by atoms with Crippen molar-refractivity contribution in [3.63, 3.8) is 0 Å². The molecule has 0 fully saturated rings. The Morgan fingerprint density at radius 1 is 1.24 bits per heavy atom. The summed E-state index contributed by atoms with van der Waals surface area (Å²) < 4.78 is 27.0. The second-order valence-electron chi connectivity index (χ2n) is 3.57. The molecule has 0 radical (unpaired) electrons. The van der Waals surface area contributed by atoms with Crippen molar-refractivity contribution in [3.8, 4) is 0 Å². The SMILES string of the molecule is Cc1cc(Br)cnc1Nc1ccc(F)cc1F. The van der Waals surface area contributed by atoms with Crippen LogP contribution in [-0.2, 0) is 0 Å². The molecule has 1 aromatic heterocycles. The summed E-state index contributed by atoms with van der Waals surface area (Å²) in [5.41, 5.74) is 1.06. The lowest BCUT2D eigenvalue weighted by Gasteiger charge is -2.09. The molecular weight excluding hydrogens is 290 g/mol. The smallest absolute Gasteiger partial charge is 0.149 e. The molecule has 1 N–H and O–H groups in total. The van der Waals surface area contributed by atoms with Crippen molar-refractivity contribution in [2.75, 3.05) is 5.32 Å². The van der Waals surface area contributed by atoms with Crippen LogP contribution in [0.25, 0.3) is 0 Å². The molecule has 88 valence electrons. The molecule has 2 aromatic rings. The van der Waals surface area contributed by atoms with E-state index >= 15 is 0 Å². The van der Waals surface area contributed by atoms with Gasteiger partial charge in [0.25, 0.3) is 0 Å². The van der Waals surface area contributed by atoms with Gasteiger partial charge in [-0.3, -0.25) is 0 Å². The van der Waals surface area contributed by atoms with Crippen molar-refractivity contribution in [2.45, 2.75) is 6.92 Å². The number of halogens is 3. The molecule has 0 saturated heterocycles. The molecule has 2 nitrogen and oxygen atoms in total. The Kier molecular flexibility index (Phi) is 3.38. The van der Waals surface area contributed by atoms with E-state index in [9.17, 15) is 8.78 Å². The summed E-state index contributed by atoms with van der Waals surface area (Å²) in [7, 11) is 0. The second-order valence-corrected chi connectivity index (χ2v) is 4.48. The predicted octanol–water partition coefficient (Wildman–Crippen LogP) is 4.17. The average Bonchev–Trinajstić information content (AvgIpc) is 2.25. The zero-order chi connectivity index (χ0) is 12.4. The third kappa shape index (κ3) is 2.79. The topological polar surface area (TPSA) is 24.9 Å². The Hall–Kier alpha value is -1.49. The van der Waals surface area contributed by atoms with E-state index in [1.165, 1.54) is 12.1 Å². The first-order valence-corrected chi connectivity index (χ1v) is 5.70. The van der Waals surface area contributed by atoms with Crippen LogP contribution in [0, 0.1) is 18.6 Å². The van der Waals surface area contributed by atoms with Crippen LogP contribution < -0.4 is 5.32 Å². The van der Waals surface area contributed by atoms with Crippen molar-refractivity contribution in [2.24, 2.45) is 0 Å². The van der Waals surface area contributed by atoms with E-state index in [2.05, 4.69) is 26.2 Å². The number of rotatable bonds is 2. The average molecular weight is 299 g/mol. The highest BCUT2D eigenvalue weighted by molar-refractivity contribution is 9.10. The number of nitrogens with one attached hydrogen (secondary N) is 1. The van der Waals surface area contributed by atoms with Gasteiger partial charge in [0.05, 0.1) is 5.69 Å². The van der Waals surface area contributed by atoms with Gasteiger partial charge in [-0.25, -0.2) is 13.8 Å². The Labute approximate surface area is 106 Å². The first kappa shape index (κ1) is 12.0. The summed E-state index contributed by atoms with van der Waals surface area (Å²) >= 11 is 3.29. The van der Waals surface area contributed by atoms with E-state index in [0.29, 0.717) is 5.82 Å². The predicted molar refractivity (Wildman–Crippen MR) is 66.3 cm³/mol. The molecule has 0 aliphatic heterocycles. The number of hydrogen-bond donors (Lipinski definition) is 1. The molecule has 0 aliphatic rings. The number of pyridine rings is 1. The van der Waals surface area contributed by atoms with E-state index in [0.717, 1.165) is 16.1 Å². The van der Waals surface area contributed by atoms with Crippen LogP contribution >= 0.6 is 15.9 Å². The molecule has 17 heavy (non-hydrogen) atoms. The van der Waals surface area contributed by atoms with Crippen LogP contribution in [-0.4, -0.2) is 4.98 Å². The van der Waals surface area contributed by atoms with Crippen LogP contribution in [0.3, 0.4) is 0 Å². The van der Waals surface area contributed by atoms with Gasteiger partial charge in [-0.2, -0.15) is 0 Å². The van der Waals surface area contributed by atoms with Gasteiger partial charge >= 0.3 is 0 Å². The normalized spacial score (nSPS) is 10.4. The van der Waals surface area contributed by atoms with E-state index in [1.807, 2.05) is 13.0 Å². The minimum Gasteiger partial charge on any atom is -0.338 e. The molecule has 0 unspecified atom stereocenters. The molecule has 0 saturated carbocycles. The minimum absolute atomic E-state index is 0.198. The van der Waals surface area contributed by atoms with Gasteiger partial charge < -0.3 is 5.32 Å². The maximum absolute atomic E-state index is 13.4. The number of benzene rings is 1. The van der Waals surface area contributed by atoms with Gasteiger partial charge in [-0.1, -0.05) is 0 Å². The highest BCUT2D eigenvalue weighted by Crippen LogP contribution is 2.23. The Balaban J connectivity index is 2.31. The van der Waals surface area contributed by atoms with Gasteiger partial charge in [-0.05, 0) is 46.6 Å². The lowest BCUT2D eigenvalue weighted by atomic mass is 10.2. The Bertz CT molecular complexity index is 509. The summed E-state index contributed by atoms with van der Waals surface area (Å²) in [6.45, 7) is 1.85. The van der Waals surface area contributed by atoms with Crippen LogP contribution in [0.1, 0.15) is 5.56 Å². The highest BCUT2D eigenvalue weighted by atomic mass is 79.9. The Morgan fingerprint density at radius 2 is 2.00 bits per heavy atom. The summed E-state index contributed by atoms with van der Waals surface area (Å²) in [4.78, 5) is 4.12. The number of aromatic nitrogens is 1. The molecule has 0 spiro atoms. The zero-order valence-electron chi connectivity index (χ0n) is 8.97. The minimum atomic E-state index is -0.644. The van der Waals surface area contributed by atoms with E-state index in [-0.39, 0.29) is 5.69 Å². The third-order valence-corrected chi connectivity index (χ3v) is 2.66. The molecule has 1 heterocycles. The van der Waals surface area contributed by atoms with Crippen molar-refractivity contribution >= 4 is 27.4 Å². The lowest BCUT2D eigenvalue weighted by molar-refractivity contribution is 0.586. The fraction of sp³-hybridized carbons (Fsp3) is 0.0833. The molecule has 0 aliphatic carbocycles. The molecule has 1 aromatic carbocycles. The highest BCUT2D eigenvalue weighted by Gasteiger charge is 2.06. The van der Waals surface area contributed by atoms with Crippen molar-refractivity contribution in [1.29, 1.82) is 0 Å². The largest absolute Gasteiger partial charge is 0.338 e. The summed E-state index contributed by atoms with van der Waals surface area (Å²) in [5, 5.41) is 2.82. The third-order valence-electron chi connectivity index (χ3n) is 2.23. The Morgan fingerprint density at radius 3 is 2.65 bits per heavy atom. The van der Waals surface area contributed by atoms with Crippen molar-refractivity contribution in [3.05, 3.63) is 52.1 Å². The van der Waals surface area contributed by atoms with Gasteiger partial charge in [-0.15, -0.1) is 0 Å². The van der Waals surface area contributed by atoms with Gasteiger partial charge in [0.2, 0.25) is 0 Å². The molecule has 0 amide bonds. The van der Waals surface area contributed by atoms with E-state index < -0.39 is 11.6 Å². The van der Waals surface area contributed by atoms with Crippen molar-refractivity contribution < 1.29 is 8.78 Å². The van der Waals surface area contributed by atoms with Gasteiger partial charge in [0.15, 0.2) is 0 Å². The van der Waals surface area contributed by atoms with Crippen LogP contribution in [0.15, 0.2) is 34.9 Å². The van der Waals surface area contributed by atoms with E-state index in [1.54, 1.807) is 6.20 Å². The maximum Gasteiger partial charge on any atom is 0.149 e. The molecule has 0 atom stereocenters. The van der Waals surface area contributed by atoms with Gasteiger partial charge in [0.1, 0.15) is 17.5 Å². The van der Waals surface area contributed by atoms with Gasteiger partial charge in [0, 0.05) is 16.7 Å². The van der Waals surface area contributed by atoms with Crippen LogP contribution in [0.5, 0.6) is 0 Å². The second kappa shape index (κ2) is 4.79. The maximum atomic E-state index is 13.4. The number of anilines is 2. The number of aryl methyl sites for hydroxylation is 1. The number of nitrogens with zero attached hydrogens (tertiary/aromatic N) is 1. The molecular formula is C12H9BrF2N2. The summed E-state index contributed by atoms with van der Waals surface area (Å²) in [5.74, 6) is -0.707.